The Hall–Kier alpha value is -1.58. The van der Waals surface area contributed by atoms with E-state index in [1.807, 2.05) is 18.2 Å². The molecule has 1 atom stereocenters. The van der Waals surface area contributed by atoms with E-state index in [1.165, 1.54) is 17.4 Å². The minimum absolute atomic E-state index is 0.380. The maximum absolute atomic E-state index is 10.1. The maximum Gasteiger partial charge on any atom is 0.123 e. The number of rotatable bonds is 4. The maximum atomic E-state index is 10.1. The molecule has 0 saturated carbocycles. The Morgan fingerprint density at radius 2 is 1.81 bits per heavy atom. The van der Waals surface area contributed by atoms with E-state index in [0.29, 0.717) is 11.8 Å². The molecule has 0 aliphatic carbocycles. The third-order valence-electron chi connectivity index (χ3n) is 4.45. The molecule has 1 aliphatic heterocycles. The fraction of sp³-hybridized carbons (Fsp3) is 0.444. The molecule has 2 N–H and O–H groups in total. The quantitative estimate of drug-likeness (QED) is 0.904. The molecule has 3 nitrogen and oxygen atoms in total. The van der Waals surface area contributed by atoms with Gasteiger partial charge in [-0.2, -0.15) is 0 Å². The van der Waals surface area contributed by atoms with Crippen LogP contribution in [0.4, 0.5) is 0 Å². The van der Waals surface area contributed by atoms with Crippen LogP contribution < -0.4 is 5.32 Å². The lowest BCUT2D eigenvalue weighted by atomic mass is 9.94. The Morgan fingerprint density at radius 1 is 1.10 bits per heavy atom. The van der Waals surface area contributed by atoms with E-state index in [1.54, 1.807) is 0 Å². The zero-order valence-corrected chi connectivity index (χ0v) is 12.7. The summed E-state index contributed by atoms with van der Waals surface area (Å²) in [6, 6.07) is 12.6. The van der Waals surface area contributed by atoms with Crippen LogP contribution in [0.5, 0.6) is 5.75 Å². The predicted octanol–water partition coefficient (Wildman–Crippen LogP) is 3.29. The summed E-state index contributed by atoms with van der Waals surface area (Å²) in [7, 11) is 0. The van der Waals surface area contributed by atoms with Crippen LogP contribution in [0.1, 0.15) is 31.4 Å². The fourth-order valence-electron chi connectivity index (χ4n) is 3.40. The van der Waals surface area contributed by atoms with Gasteiger partial charge in [0.15, 0.2) is 0 Å². The van der Waals surface area contributed by atoms with Gasteiger partial charge in [-0.15, -0.1) is 0 Å². The molecule has 0 bridgehead atoms. The molecular weight excluding hydrogens is 260 g/mol. The summed E-state index contributed by atoms with van der Waals surface area (Å²) in [4.78, 5) is 2.58. The highest BCUT2D eigenvalue weighted by molar-refractivity contribution is 5.91. The average Bonchev–Trinajstić information content (AvgIpc) is 2.55. The molecule has 1 fully saturated rings. The second-order valence-electron chi connectivity index (χ2n) is 5.81. The zero-order valence-electron chi connectivity index (χ0n) is 12.7. The number of hydrogen-bond acceptors (Lipinski definition) is 3. The summed E-state index contributed by atoms with van der Waals surface area (Å²) in [6.07, 6.45) is 2.33. The summed E-state index contributed by atoms with van der Waals surface area (Å²) < 4.78 is 0. The van der Waals surface area contributed by atoms with Crippen molar-refractivity contribution in [2.45, 2.75) is 25.8 Å². The molecule has 21 heavy (non-hydrogen) atoms. The molecule has 3 heteroatoms. The van der Waals surface area contributed by atoms with Crippen LogP contribution in [-0.4, -0.2) is 36.2 Å². The van der Waals surface area contributed by atoms with E-state index < -0.39 is 0 Å². The van der Waals surface area contributed by atoms with Gasteiger partial charge in [-0.25, -0.2) is 0 Å². The number of nitrogens with one attached hydrogen (secondary N) is 1. The van der Waals surface area contributed by atoms with Crippen molar-refractivity contribution in [1.29, 1.82) is 0 Å². The Labute approximate surface area is 126 Å². The molecule has 0 aromatic heterocycles. The molecule has 0 unspecified atom stereocenters. The van der Waals surface area contributed by atoms with Crippen LogP contribution in [0.25, 0.3) is 10.8 Å². The van der Waals surface area contributed by atoms with Gasteiger partial charge in [-0.05, 0) is 23.4 Å². The third-order valence-corrected chi connectivity index (χ3v) is 4.45. The second-order valence-corrected chi connectivity index (χ2v) is 5.81. The van der Waals surface area contributed by atoms with Gasteiger partial charge < -0.3 is 10.4 Å². The largest absolute Gasteiger partial charge is 0.507 e. The SMILES string of the molecule is CCC[C@H](c1ccc(O)c2ccccc12)N1CCNCC1. The first-order valence-corrected chi connectivity index (χ1v) is 7.96. The molecule has 0 amide bonds. The van der Waals surface area contributed by atoms with Crippen LogP contribution in [0, 0.1) is 0 Å². The molecule has 2 aromatic rings. The van der Waals surface area contributed by atoms with Gasteiger partial charge in [0.2, 0.25) is 0 Å². The summed E-state index contributed by atoms with van der Waals surface area (Å²) in [5.74, 6) is 0.380. The van der Waals surface area contributed by atoms with Crippen molar-refractivity contribution >= 4 is 10.8 Å². The Balaban J connectivity index is 2.04. The lowest BCUT2D eigenvalue weighted by Crippen LogP contribution is -2.45. The average molecular weight is 284 g/mol. The van der Waals surface area contributed by atoms with Crippen molar-refractivity contribution in [2.24, 2.45) is 0 Å². The monoisotopic (exact) mass is 284 g/mol. The van der Waals surface area contributed by atoms with E-state index in [2.05, 4.69) is 35.3 Å². The molecular formula is C18H24N2O. The van der Waals surface area contributed by atoms with Crippen LogP contribution >= 0.6 is 0 Å². The van der Waals surface area contributed by atoms with E-state index in [-0.39, 0.29) is 0 Å². The summed E-state index contributed by atoms with van der Waals surface area (Å²) in [5, 5.41) is 15.7. The zero-order chi connectivity index (χ0) is 14.7. The van der Waals surface area contributed by atoms with Gasteiger partial charge in [-0.1, -0.05) is 43.7 Å². The van der Waals surface area contributed by atoms with Gasteiger partial charge in [0.05, 0.1) is 0 Å². The molecule has 1 saturated heterocycles. The van der Waals surface area contributed by atoms with Crippen molar-refractivity contribution < 1.29 is 5.11 Å². The standard InChI is InChI=1S/C18H24N2O/c1-2-5-17(20-12-10-19-11-13-20)15-8-9-18(21)16-7-4-3-6-14(15)16/h3-4,6-9,17,19,21H,2,5,10-13H2,1H3/t17-/m1/s1. The molecule has 2 aromatic carbocycles. The van der Waals surface area contributed by atoms with E-state index >= 15 is 0 Å². The molecule has 1 heterocycles. The van der Waals surface area contributed by atoms with Gasteiger partial charge in [0.1, 0.15) is 5.75 Å². The summed E-state index contributed by atoms with van der Waals surface area (Å²) in [6.45, 7) is 6.57. The topological polar surface area (TPSA) is 35.5 Å². The first-order chi connectivity index (χ1) is 10.3. The lowest BCUT2D eigenvalue weighted by molar-refractivity contribution is 0.165. The summed E-state index contributed by atoms with van der Waals surface area (Å²) in [5.41, 5.74) is 1.35. The molecule has 112 valence electrons. The van der Waals surface area contributed by atoms with E-state index in [9.17, 15) is 5.11 Å². The highest BCUT2D eigenvalue weighted by Crippen LogP contribution is 2.35. The van der Waals surface area contributed by atoms with Crippen molar-refractivity contribution in [2.75, 3.05) is 26.2 Å². The van der Waals surface area contributed by atoms with Gasteiger partial charge in [-0.3, -0.25) is 4.90 Å². The number of piperazine rings is 1. The number of nitrogens with zero attached hydrogens (tertiary/aromatic N) is 1. The number of aromatic hydroxyl groups is 1. The third kappa shape index (κ3) is 2.89. The van der Waals surface area contributed by atoms with Crippen LogP contribution in [0.3, 0.4) is 0 Å². The fourth-order valence-corrected chi connectivity index (χ4v) is 3.40. The van der Waals surface area contributed by atoms with Crippen molar-refractivity contribution in [3.05, 3.63) is 42.0 Å². The predicted molar refractivity (Wildman–Crippen MR) is 87.7 cm³/mol. The number of fused-ring (bicyclic) bond motifs is 1. The van der Waals surface area contributed by atoms with Crippen molar-refractivity contribution in [3.8, 4) is 5.75 Å². The molecule has 3 rings (SSSR count). The Kier molecular flexibility index (Phi) is 4.42. The highest BCUT2D eigenvalue weighted by Gasteiger charge is 2.23. The Bertz CT molecular complexity index is 605. The first-order valence-electron chi connectivity index (χ1n) is 7.96. The smallest absolute Gasteiger partial charge is 0.123 e. The Morgan fingerprint density at radius 3 is 2.52 bits per heavy atom. The van der Waals surface area contributed by atoms with Crippen LogP contribution in [0.15, 0.2) is 36.4 Å². The number of benzene rings is 2. The van der Waals surface area contributed by atoms with Gasteiger partial charge in [0.25, 0.3) is 0 Å². The van der Waals surface area contributed by atoms with Crippen molar-refractivity contribution in [1.82, 2.24) is 10.2 Å². The van der Waals surface area contributed by atoms with Gasteiger partial charge in [0, 0.05) is 37.6 Å². The van der Waals surface area contributed by atoms with Crippen molar-refractivity contribution in [3.63, 3.8) is 0 Å². The number of phenolic OH excluding ortho intramolecular Hbond substituents is 1. The second kappa shape index (κ2) is 6.46. The lowest BCUT2D eigenvalue weighted by Gasteiger charge is -2.35. The van der Waals surface area contributed by atoms with E-state index in [4.69, 9.17) is 0 Å². The minimum atomic E-state index is 0.380. The molecule has 0 radical (unpaired) electrons. The number of hydrogen-bond donors (Lipinski definition) is 2. The highest BCUT2D eigenvalue weighted by atomic mass is 16.3. The van der Waals surface area contributed by atoms with E-state index in [0.717, 1.165) is 38.0 Å². The molecule has 0 spiro atoms. The van der Waals surface area contributed by atoms with Gasteiger partial charge >= 0.3 is 0 Å². The minimum Gasteiger partial charge on any atom is -0.507 e. The normalized spacial score (nSPS) is 18.0. The van der Waals surface area contributed by atoms with Crippen LogP contribution in [-0.2, 0) is 0 Å². The molecule has 1 aliphatic rings. The first kappa shape index (κ1) is 14.4. The number of phenols is 1. The summed E-state index contributed by atoms with van der Waals surface area (Å²) >= 11 is 0. The van der Waals surface area contributed by atoms with Crippen LogP contribution in [0.2, 0.25) is 0 Å².